The van der Waals surface area contributed by atoms with Crippen molar-refractivity contribution in [3.8, 4) is 5.75 Å². The molecule has 0 heterocycles. The van der Waals surface area contributed by atoms with Crippen LogP contribution >= 0.6 is 0 Å². The average Bonchev–Trinajstić information content (AvgIpc) is 2.85. The maximum absolute atomic E-state index is 12.0. The lowest BCUT2D eigenvalue weighted by Gasteiger charge is -2.22. The molecular weight excluding hydrogens is 308 g/mol. The van der Waals surface area contributed by atoms with Gasteiger partial charge in [0.05, 0.1) is 6.04 Å². The number of fused-ring (bicyclic) bond motifs is 1. The van der Waals surface area contributed by atoms with Gasteiger partial charge in [-0.3, -0.25) is 0 Å². The van der Waals surface area contributed by atoms with Gasteiger partial charge in [0.2, 0.25) is 0 Å². The van der Waals surface area contributed by atoms with E-state index in [9.17, 15) is 9.59 Å². The molecule has 0 fully saturated rings. The summed E-state index contributed by atoms with van der Waals surface area (Å²) in [4.78, 5) is 23.6. The zero-order chi connectivity index (χ0) is 17.7. The van der Waals surface area contributed by atoms with Crippen LogP contribution in [0.5, 0.6) is 5.75 Å². The highest BCUT2D eigenvalue weighted by Crippen LogP contribution is 2.34. The smallest absolute Gasteiger partial charge is 0.412 e. The molecule has 132 valence electrons. The van der Waals surface area contributed by atoms with E-state index < -0.39 is 17.8 Å². The molecule has 0 aliphatic heterocycles. The summed E-state index contributed by atoms with van der Waals surface area (Å²) < 4.78 is 10.6. The van der Waals surface area contributed by atoms with Crippen LogP contribution in [0.1, 0.15) is 57.7 Å². The Bertz CT molecular complexity index is 608. The van der Waals surface area contributed by atoms with Gasteiger partial charge in [0.15, 0.2) is 0 Å². The Morgan fingerprint density at radius 2 is 2.00 bits per heavy atom. The lowest BCUT2D eigenvalue weighted by molar-refractivity contribution is 0.0503. The van der Waals surface area contributed by atoms with E-state index in [4.69, 9.17) is 9.47 Å². The molecule has 2 amide bonds. The highest BCUT2D eigenvalue weighted by molar-refractivity contribution is 5.71. The topological polar surface area (TPSA) is 76.7 Å². The van der Waals surface area contributed by atoms with Gasteiger partial charge >= 0.3 is 12.2 Å². The standard InChI is InChI=1S/C18H26N2O4/c1-5-10-19-16(21)23-13-8-6-12-7-9-15(14(12)11-13)20-17(22)24-18(2,3)4/h6,8,11,15H,5,7,9-10H2,1-4H3,(H,19,21)(H,20,22). The number of alkyl carbamates (subject to hydrolysis) is 1. The van der Waals surface area contributed by atoms with Gasteiger partial charge in [-0.25, -0.2) is 9.59 Å². The van der Waals surface area contributed by atoms with Crippen LogP contribution in [-0.2, 0) is 11.2 Å². The second-order valence-electron chi connectivity index (χ2n) is 6.91. The summed E-state index contributed by atoms with van der Waals surface area (Å²) in [7, 11) is 0. The normalized spacial score (nSPS) is 16.2. The van der Waals surface area contributed by atoms with Crippen molar-refractivity contribution in [2.45, 2.75) is 58.6 Å². The number of rotatable bonds is 4. The molecule has 1 aliphatic carbocycles. The van der Waals surface area contributed by atoms with Gasteiger partial charge < -0.3 is 20.1 Å². The van der Waals surface area contributed by atoms with Gasteiger partial charge in [0, 0.05) is 6.54 Å². The Morgan fingerprint density at radius 1 is 1.25 bits per heavy atom. The Balaban J connectivity index is 2.02. The second kappa shape index (κ2) is 7.55. The first-order valence-corrected chi connectivity index (χ1v) is 8.36. The summed E-state index contributed by atoms with van der Waals surface area (Å²) in [5.74, 6) is 0.472. The molecular formula is C18H26N2O4. The zero-order valence-electron chi connectivity index (χ0n) is 14.8. The van der Waals surface area contributed by atoms with E-state index in [-0.39, 0.29) is 6.04 Å². The Hall–Kier alpha value is -2.24. The molecule has 0 radical (unpaired) electrons. The summed E-state index contributed by atoms with van der Waals surface area (Å²) in [6.07, 6.45) is 1.62. The molecule has 0 aromatic heterocycles. The van der Waals surface area contributed by atoms with Crippen molar-refractivity contribution in [3.63, 3.8) is 0 Å². The van der Waals surface area contributed by atoms with Crippen LogP contribution in [0, 0.1) is 0 Å². The monoisotopic (exact) mass is 334 g/mol. The summed E-state index contributed by atoms with van der Waals surface area (Å²) >= 11 is 0. The van der Waals surface area contributed by atoms with E-state index >= 15 is 0 Å². The highest BCUT2D eigenvalue weighted by Gasteiger charge is 2.27. The van der Waals surface area contributed by atoms with E-state index in [0.717, 1.165) is 30.4 Å². The number of hydrogen-bond acceptors (Lipinski definition) is 4. The first-order valence-electron chi connectivity index (χ1n) is 8.36. The maximum atomic E-state index is 12.0. The molecule has 2 N–H and O–H groups in total. The van der Waals surface area contributed by atoms with Crippen molar-refractivity contribution >= 4 is 12.2 Å². The van der Waals surface area contributed by atoms with E-state index in [0.29, 0.717) is 12.3 Å². The minimum atomic E-state index is -0.534. The molecule has 2 rings (SSSR count). The predicted octanol–water partition coefficient (Wildman–Crippen LogP) is 3.70. The maximum Gasteiger partial charge on any atom is 0.412 e. The predicted molar refractivity (Wildman–Crippen MR) is 91.2 cm³/mol. The van der Waals surface area contributed by atoms with E-state index in [1.807, 2.05) is 39.8 Å². The number of carbonyl (C=O) groups excluding carboxylic acids is 2. The van der Waals surface area contributed by atoms with E-state index in [2.05, 4.69) is 10.6 Å². The number of amides is 2. The van der Waals surface area contributed by atoms with Crippen LogP contribution in [-0.4, -0.2) is 24.3 Å². The SMILES string of the molecule is CCCNC(=O)Oc1ccc2c(c1)C(NC(=O)OC(C)(C)C)CC2. The molecule has 1 aromatic rings. The minimum Gasteiger partial charge on any atom is -0.444 e. The van der Waals surface area contributed by atoms with Gasteiger partial charge in [-0.05, 0) is 63.3 Å². The largest absolute Gasteiger partial charge is 0.444 e. The van der Waals surface area contributed by atoms with E-state index in [1.54, 1.807) is 6.07 Å². The van der Waals surface area contributed by atoms with Crippen LogP contribution in [0.2, 0.25) is 0 Å². The number of aryl methyl sites for hydroxylation is 1. The fraction of sp³-hybridized carbons (Fsp3) is 0.556. The number of nitrogens with one attached hydrogen (secondary N) is 2. The van der Waals surface area contributed by atoms with Crippen LogP contribution in [0.4, 0.5) is 9.59 Å². The van der Waals surface area contributed by atoms with Gasteiger partial charge in [-0.15, -0.1) is 0 Å². The van der Waals surface area contributed by atoms with Crippen LogP contribution in [0.25, 0.3) is 0 Å². The number of ether oxygens (including phenoxy) is 2. The van der Waals surface area contributed by atoms with Crippen LogP contribution < -0.4 is 15.4 Å². The minimum absolute atomic E-state index is 0.128. The molecule has 6 heteroatoms. The van der Waals surface area contributed by atoms with Crippen molar-refractivity contribution in [2.75, 3.05) is 6.54 Å². The van der Waals surface area contributed by atoms with Crippen molar-refractivity contribution in [3.05, 3.63) is 29.3 Å². The Morgan fingerprint density at radius 3 is 2.67 bits per heavy atom. The van der Waals surface area contributed by atoms with Crippen molar-refractivity contribution < 1.29 is 19.1 Å². The van der Waals surface area contributed by atoms with Crippen molar-refractivity contribution in [1.82, 2.24) is 10.6 Å². The quantitative estimate of drug-likeness (QED) is 0.880. The molecule has 1 unspecified atom stereocenters. The van der Waals surface area contributed by atoms with Gasteiger partial charge in [-0.2, -0.15) is 0 Å². The van der Waals surface area contributed by atoms with Crippen molar-refractivity contribution in [2.24, 2.45) is 0 Å². The summed E-state index contributed by atoms with van der Waals surface area (Å²) in [6.45, 7) is 8.04. The molecule has 1 aliphatic rings. The molecule has 1 aromatic carbocycles. The first-order chi connectivity index (χ1) is 11.3. The Kier molecular flexibility index (Phi) is 5.70. The van der Waals surface area contributed by atoms with Gasteiger partial charge in [-0.1, -0.05) is 13.0 Å². The van der Waals surface area contributed by atoms with Gasteiger partial charge in [0.1, 0.15) is 11.4 Å². The van der Waals surface area contributed by atoms with Crippen LogP contribution in [0.15, 0.2) is 18.2 Å². The van der Waals surface area contributed by atoms with Crippen molar-refractivity contribution in [1.29, 1.82) is 0 Å². The fourth-order valence-corrected chi connectivity index (χ4v) is 2.61. The Labute approximate surface area is 142 Å². The lowest BCUT2D eigenvalue weighted by Crippen LogP contribution is -2.34. The summed E-state index contributed by atoms with van der Waals surface area (Å²) in [5, 5.41) is 5.56. The van der Waals surface area contributed by atoms with Gasteiger partial charge in [0.25, 0.3) is 0 Å². The first kappa shape index (κ1) is 18.1. The average molecular weight is 334 g/mol. The zero-order valence-corrected chi connectivity index (χ0v) is 14.8. The highest BCUT2D eigenvalue weighted by atomic mass is 16.6. The third-order valence-corrected chi connectivity index (χ3v) is 3.62. The fourth-order valence-electron chi connectivity index (χ4n) is 2.61. The van der Waals surface area contributed by atoms with Crippen LogP contribution in [0.3, 0.4) is 0 Å². The second-order valence-corrected chi connectivity index (χ2v) is 6.91. The molecule has 0 saturated carbocycles. The molecule has 0 bridgehead atoms. The summed E-state index contributed by atoms with van der Waals surface area (Å²) in [6, 6.07) is 5.40. The molecule has 1 atom stereocenters. The van der Waals surface area contributed by atoms with E-state index in [1.165, 1.54) is 0 Å². The molecule has 0 spiro atoms. The lowest BCUT2D eigenvalue weighted by atomic mass is 10.1. The molecule has 6 nitrogen and oxygen atoms in total. The molecule has 24 heavy (non-hydrogen) atoms. The summed E-state index contributed by atoms with van der Waals surface area (Å²) in [5.41, 5.74) is 1.59. The number of benzene rings is 1. The number of hydrogen-bond donors (Lipinski definition) is 2. The number of carbonyl (C=O) groups is 2. The molecule has 0 saturated heterocycles. The third kappa shape index (κ3) is 5.15. The third-order valence-electron chi connectivity index (χ3n) is 3.62.